The van der Waals surface area contributed by atoms with Crippen molar-refractivity contribution >= 4 is 12.0 Å². The van der Waals surface area contributed by atoms with E-state index in [1.165, 1.54) is 63.9 Å². The second kappa shape index (κ2) is 13.6. The van der Waals surface area contributed by atoms with Gasteiger partial charge in [-0.3, -0.25) is 4.79 Å². The summed E-state index contributed by atoms with van der Waals surface area (Å²) in [4.78, 5) is 11.7. The van der Waals surface area contributed by atoms with Gasteiger partial charge in [-0.05, 0) is 30.2 Å². The van der Waals surface area contributed by atoms with Crippen LogP contribution in [0, 0.1) is 0 Å². The summed E-state index contributed by atoms with van der Waals surface area (Å²) in [5.41, 5.74) is 0.823. The Bertz CT molecular complexity index is 482. The minimum absolute atomic E-state index is 0.0748. The number of unbranched alkanes of at least 4 members (excludes halogenated alkanes) is 9. The Kier molecular flexibility index (Phi) is 11.5. The molecule has 1 rings (SSSR count). The van der Waals surface area contributed by atoms with E-state index in [1.807, 2.05) is 6.07 Å². The molecule has 0 saturated heterocycles. The molecule has 3 heteroatoms. The minimum atomic E-state index is -0.0748. The number of hydrogen-bond acceptors (Lipinski definition) is 2. The van der Waals surface area contributed by atoms with Crippen molar-refractivity contribution in [2.24, 2.45) is 0 Å². The summed E-state index contributed by atoms with van der Waals surface area (Å²) < 4.78 is 0. The number of benzene rings is 1. The maximum atomic E-state index is 11.7. The molecule has 0 unspecified atom stereocenters. The van der Waals surface area contributed by atoms with Gasteiger partial charge in [0.1, 0.15) is 5.75 Å². The first-order chi connectivity index (χ1) is 11.7. The van der Waals surface area contributed by atoms with Crippen LogP contribution in [0.25, 0.3) is 6.08 Å². The van der Waals surface area contributed by atoms with Crippen LogP contribution in [0.1, 0.15) is 76.7 Å². The van der Waals surface area contributed by atoms with E-state index in [-0.39, 0.29) is 11.7 Å². The molecular weight excluding hydrogens is 298 g/mol. The molecule has 0 bridgehead atoms. The van der Waals surface area contributed by atoms with Crippen molar-refractivity contribution in [1.82, 2.24) is 5.32 Å². The minimum Gasteiger partial charge on any atom is -0.508 e. The van der Waals surface area contributed by atoms with Gasteiger partial charge in [0.05, 0.1) is 0 Å². The second-order valence-electron chi connectivity index (χ2n) is 6.40. The van der Waals surface area contributed by atoms with E-state index < -0.39 is 0 Å². The Morgan fingerprint density at radius 1 is 1.00 bits per heavy atom. The number of nitrogens with one attached hydrogen (secondary N) is 1. The lowest BCUT2D eigenvalue weighted by atomic mass is 10.1. The Morgan fingerprint density at radius 3 is 2.25 bits per heavy atom. The van der Waals surface area contributed by atoms with E-state index in [9.17, 15) is 9.90 Å². The van der Waals surface area contributed by atoms with Gasteiger partial charge in [-0.15, -0.1) is 0 Å². The Hall–Kier alpha value is -1.77. The van der Waals surface area contributed by atoms with Crippen molar-refractivity contribution < 1.29 is 9.90 Å². The molecule has 0 atom stereocenters. The fraction of sp³-hybridized carbons (Fsp3) is 0.571. The normalized spacial score (nSPS) is 11.0. The number of hydrogen-bond donors (Lipinski definition) is 2. The van der Waals surface area contributed by atoms with Crippen LogP contribution in [0.3, 0.4) is 0 Å². The van der Waals surface area contributed by atoms with Gasteiger partial charge in [0.25, 0.3) is 0 Å². The molecule has 1 amide bonds. The van der Waals surface area contributed by atoms with Crippen LogP contribution in [0.4, 0.5) is 0 Å². The smallest absolute Gasteiger partial charge is 0.243 e. The lowest BCUT2D eigenvalue weighted by Gasteiger charge is -2.03. The molecule has 24 heavy (non-hydrogen) atoms. The highest BCUT2D eigenvalue weighted by Crippen LogP contribution is 2.12. The van der Waals surface area contributed by atoms with E-state index >= 15 is 0 Å². The molecule has 0 radical (unpaired) electrons. The number of carbonyl (C=O) groups is 1. The van der Waals surface area contributed by atoms with Crippen LogP contribution >= 0.6 is 0 Å². The largest absolute Gasteiger partial charge is 0.508 e. The zero-order valence-electron chi connectivity index (χ0n) is 15.1. The summed E-state index contributed by atoms with van der Waals surface area (Å²) in [5.74, 6) is 0.136. The third-order valence-corrected chi connectivity index (χ3v) is 4.13. The molecule has 3 nitrogen and oxygen atoms in total. The Labute approximate surface area is 147 Å². The number of aromatic hydroxyl groups is 1. The zero-order chi connectivity index (χ0) is 17.5. The van der Waals surface area contributed by atoms with Crippen LogP contribution in [-0.2, 0) is 4.79 Å². The fourth-order valence-electron chi connectivity index (χ4n) is 2.68. The third kappa shape index (κ3) is 10.9. The van der Waals surface area contributed by atoms with Crippen LogP contribution < -0.4 is 5.32 Å². The zero-order valence-corrected chi connectivity index (χ0v) is 15.1. The SMILES string of the molecule is CCCCCCCCCCCCNC(=O)/C=C/c1cccc(O)c1. The summed E-state index contributed by atoms with van der Waals surface area (Å²) >= 11 is 0. The van der Waals surface area contributed by atoms with Crippen molar-refractivity contribution in [2.45, 2.75) is 71.1 Å². The van der Waals surface area contributed by atoms with Crippen molar-refractivity contribution in [3.63, 3.8) is 0 Å². The molecule has 1 aromatic rings. The first kappa shape index (κ1) is 20.3. The van der Waals surface area contributed by atoms with E-state index in [1.54, 1.807) is 24.3 Å². The highest BCUT2D eigenvalue weighted by Gasteiger charge is 1.96. The number of carbonyl (C=O) groups excluding carboxylic acids is 1. The molecule has 0 heterocycles. The van der Waals surface area contributed by atoms with Gasteiger partial charge in [0.15, 0.2) is 0 Å². The second-order valence-corrected chi connectivity index (χ2v) is 6.40. The summed E-state index contributed by atoms with van der Waals surface area (Å²) in [6.07, 6.45) is 16.2. The highest BCUT2D eigenvalue weighted by atomic mass is 16.3. The maximum Gasteiger partial charge on any atom is 0.243 e. The fourth-order valence-corrected chi connectivity index (χ4v) is 2.68. The van der Waals surface area contributed by atoms with E-state index in [0.717, 1.165) is 18.5 Å². The first-order valence-electron chi connectivity index (χ1n) is 9.47. The van der Waals surface area contributed by atoms with Gasteiger partial charge in [0, 0.05) is 12.6 Å². The number of rotatable bonds is 13. The van der Waals surface area contributed by atoms with Crippen LogP contribution in [0.15, 0.2) is 30.3 Å². The van der Waals surface area contributed by atoms with Crippen LogP contribution in [0.5, 0.6) is 5.75 Å². The summed E-state index contributed by atoms with van der Waals surface area (Å²) in [6, 6.07) is 6.86. The molecular formula is C21H33NO2. The van der Waals surface area contributed by atoms with Crippen molar-refractivity contribution in [3.05, 3.63) is 35.9 Å². The van der Waals surface area contributed by atoms with Gasteiger partial charge in [-0.2, -0.15) is 0 Å². The standard InChI is InChI=1S/C21H33NO2/c1-2-3-4-5-6-7-8-9-10-11-17-22-21(24)16-15-19-13-12-14-20(23)18-19/h12-16,18,23H,2-11,17H2,1H3,(H,22,24)/b16-15+. The van der Waals surface area contributed by atoms with Gasteiger partial charge in [-0.25, -0.2) is 0 Å². The van der Waals surface area contributed by atoms with E-state index in [2.05, 4.69) is 12.2 Å². The Morgan fingerprint density at radius 2 is 1.62 bits per heavy atom. The lowest BCUT2D eigenvalue weighted by Crippen LogP contribution is -2.21. The summed E-state index contributed by atoms with van der Waals surface area (Å²) in [6.45, 7) is 2.99. The van der Waals surface area contributed by atoms with E-state index in [4.69, 9.17) is 0 Å². The lowest BCUT2D eigenvalue weighted by molar-refractivity contribution is -0.116. The molecule has 134 valence electrons. The van der Waals surface area contributed by atoms with Gasteiger partial charge >= 0.3 is 0 Å². The summed E-state index contributed by atoms with van der Waals surface area (Å²) in [5, 5.41) is 12.3. The van der Waals surface area contributed by atoms with Crippen LogP contribution in [0.2, 0.25) is 0 Å². The van der Waals surface area contributed by atoms with E-state index in [0.29, 0.717) is 0 Å². The molecule has 0 aliphatic rings. The predicted octanol–water partition coefficient (Wildman–Crippen LogP) is 5.44. The molecule has 0 aromatic heterocycles. The molecule has 0 saturated carbocycles. The van der Waals surface area contributed by atoms with Gasteiger partial charge < -0.3 is 10.4 Å². The van der Waals surface area contributed by atoms with Crippen molar-refractivity contribution in [2.75, 3.05) is 6.54 Å². The number of amides is 1. The topological polar surface area (TPSA) is 49.3 Å². The van der Waals surface area contributed by atoms with Crippen molar-refractivity contribution in [1.29, 1.82) is 0 Å². The molecule has 1 aromatic carbocycles. The van der Waals surface area contributed by atoms with Gasteiger partial charge in [-0.1, -0.05) is 76.8 Å². The molecule has 0 spiro atoms. The average molecular weight is 332 g/mol. The molecule has 0 fully saturated rings. The first-order valence-corrected chi connectivity index (χ1v) is 9.47. The Balaban J connectivity index is 1.96. The third-order valence-electron chi connectivity index (χ3n) is 4.13. The monoisotopic (exact) mass is 331 g/mol. The average Bonchev–Trinajstić information content (AvgIpc) is 2.58. The highest BCUT2D eigenvalue weighted by molar-refractivity contribution is 5.91. The molecule has 2 N–H and O–H groups in total. The van der Waals surface area contributed by atoms with Crippen LogP contribution in [-0.4, -0.2) is 17.6 Å². The predicted molar refractivity (Wildman–Crippen MR) is 102 cm³/mol. The summed E-state index contributed by atoms with van der Waals surface area (Å²) in [7, 11) is 0. The number of phenols is 1. The number of phenolic OH excluding ortho intramolecular Hbond substituents is 1. The maximum absolute atomic E-state index is 11.7. The van der Waals surface area contributed by atoms with Gasteiger partial charge in [0.2, 0.25) is 5.91 Å². The quantitative estimate of drug-likeness (QED) is 0.373. The molecule has 0 aliphatic carbocycles. The molecule has 0 aliphatic heterocycles. The van der Waals surface area contributed by atoms with Crippen molar-refractivity contribution in [3.8, 4) is 5.75 Å².